The summed E-state index contributed by atoms with van der Waals surface area (Å²) in [5.41, 5.74) is 7.92. The maximum absolute atomic E-state index is 13.2. The fraction of sp³-hybridized carbons (Fsp3) is 0.438. The third kappa shape index (κ3) is 3.83. The van der Waals surface area contributed by atoms with Crippen LogP contribution >= 0.6 is 11.6 Å². The third-order valence-electron chi connectivity index (χ3n) is 3.78. The monoisotopic (exact) mass is 309 g/mol. The molecule has 1 atom stereocenters. The Labute approximate surface area is 129 Å². The van der Waals surface area contributed by atoms with E-state index in [2.05, 4.69) is 18.9 Å². The number of benzene rings is 1. The molecule has 1 aromatic heterocycles. The molecule has 2 N–H and O–H groups in total. The van der Waals surface area contributed by atoms with Crippen LogP contribution in [0.2, 0.25) is 5.02 Å². The van der Waals surface area contributed by atoms with E-state index in [4.69, 9.17) is 17.3 Å². The van der Waals surface area contributed by atoms with E-state index in [9.17, 15) is 4.39 Å². The Hall–Kier alpha value is -1.39. The van der Waals surface area contributed by atoms with Gasteiger partial charge in [-0.05, 0) is 36.6 Å². The highest BCUT2D eigenvalue weighted by atomic mass is 35.5. The van der Waals surface area contributed by atoms with Crippen LogP contribution in [-0.4, -0.2) is 9.78 Å². The molecule has 0 radical (unpaired) electrons. The minimum atomic E-state index is -0.425. The molecular formula is C16H21ClFN3. The average Bonchev–Trinajstić information content (AvgIpc) is 2.91. The predicted octanol–water partition coefficient (Wildman–Crippen LogP) is 4.28. The number of halogens is 2. The molecule has 1 unspecified atom stereocenters. The van der Waals surface area contributed by atoms with E-state index in [1.165, 1.54) is 6.07 Å². The van der Waals surface area contributed by atoms with Gasteiger partial charge in [0.05, 0.1) is 16.8 Å². The van der Waals surface area contributed by atoms with Gasteiger partial charge in [-0.15, -0.1) is 0 Å². The largest absolute Gasteiger partial charge is 0.324 e. The quantitative estimate of drug-likeness (QED) is 0.865. The summed E-state index contributed by atoms with van der Waals surface area (Å²) in [6, 6.07) is 6.77. The summed E-state index contributed by atoms with van der Waals surface area (Å²) < 4.78 is 15.2. The summed E-state index contributed by atoms with van der Waals surface area (Å²) in [5, 5.41) is 4.69. The zero-order valence-corrected chi connectivity index (χ0v) is 13.1. The van der Waals surface area contributed by atoms with Gasteiger partial charge >= 0.3 is 0 Å². The zero-order valence-electron chi connectivity index (χ0n) is 12.4. The summed E-state index contributed by atoms with van der Waals surface area (Å²) in [5.74, 6) is -0.425. The first-order valence-corrected chi connectivity index (χ1v) is 7.67. The lowest BCUT2D eigenvalue weighted by Gasteiger charge is -2.13. The van der Waals surface area contributed by atoms with Crippen molar-refractivity contribution < 1.29 is 4.39 Å². The Balaban J connectivity index is 2.08. The van der Waals surface area contributed by atoms with E-state index in [1.54, 1.807) is 12.1 Å². The van der Waals surface area contributed by atoms with Crippen LogP contribution in [0.15, 0.2) is 30.5 Å². The van der Waals surface area contributed by atoms with Crippen LogP contribution in [0.25, 0.3) is 0 Å². The lowest BCUT2D eigenvalue weighted by molar-refractivity contribution is 0.424. The maximum atomic E-state index is 13.2. The molecule has 0 saturated heterocycles. The highest BCUT2D eigenvalue weighted by Crippen LogP contribution is 2.22. The van der Waals surface area contributed by atoms with Crippen LogP contribution in [-0.2, 0) is 6.42 Å². The Morgan fingerprint density at radius 3 is 2.62 bits per heavy atom. The van der Waals surface area contributed by atoms with Gasteiger partial charge in [-0.1, -0.05) is 31.5 Å². The van der Waals surface area contributed by atoms with Gasteiger partial charge in [0.1, 0.15) is 5.82 Å². The molecule has 0 aliphatic carbocycles. The van der Waals surface area contributed by atoms with Gasteiger partial charge in [0.2, 0.25) is 0 Å². The van der Waals surface area contributed by atoms with Crippen molar-refractivity contribution in [3.8, 4) is 0 Å². The van der Waals surface area contributed by atoms with E-state index in [1.807, 2.05) is 16.9 Å². The van der Waals surface area contributed by atoms with E-state index in [0.29, 0.717) is 12.5 Å². The molecule has 0 bridgehead atoms. The lowest BCUT2D eigenvalue weighted by atomic mass is 10.0. The van der Waals surface area contributed by atoms with Crippen molar-refractivity contribution >= 4 is 11.6 Å². The third-order valence-corrected chi connectivity index (χ3v) is 4.07. The minimum Gasteiger partial charge on any atom is -0.324 e. The Morgan fingerprint density at radius 2 is 2.00 bits per heavy atom. The number of hydrogen-bond donors (Lipinski definition) is 1. The second-order valence-electron chi connectivity index (χ2n) is 5.24. The van der Waals surface area contributed by atoms with Gasteiger partial charge in [0, 0.05) is 18.7 Å². The Kier molecular flexibility index (Phi) is 5.37. The molecule has 1 heterocycles. The Morgan fingerprint density at radius 1 is 1.29 bits per heavy atom. The molecule has 2 rings (SSSR count). The van der Waals surface area contributed by atoms with Gasteiger partial charge in [-0.2, -0.15) is 5.10 Å². The van der Waals surface area contributed by atoms with Crippen molar-refractivity contribution in [1.82, 2.24) is 9.78 Å². The fourth-order valence-corrected chi connectivity index (χ4v) is 2.63. The number of aromatic nitrogens is 2. The maximum Gasteiger partial charge on any atom is 0.141 e. The summed E-state index contributed by atoms with van der Waals surface area (Å²) in [7, 11) is 0. The predicted molar refractivity (Wildman–Crippen MR) is 83.9 cm³/mol. The van der Waals surface area contributed by atoms with Crippen LogP contribution in [0.1, 0.15) is 50.0 Å². The number of nitrogens with zero attached hydrogens (tertiary/aromatic N) is 2. The highest BCUT2D eigenvalue weighted by molar-refractivity contribution is 6.30. The first-order valence-electron chi connectivity index (χ1n) is 7.29. The number of nitrogens with two attached hydrogens (primary N) is 1. The summed E-state index contributed by atoms with van der Waals surface area (Å²) in [6.45, 7) is 4.31. The highest BCUT2D eigenvalue weighted by Gasteiger charge is 2.13. The van der Waals surface area contributed by atoms with Crippen molar-refractivity contribution in [2.75, 3.05) is 0 Å². The van der Waals surface area contributed by atoms with Crippen LogP contribution < -0.4 is 5.73 Å². The van der Waals surface area contributed by atoms with Crippen LogP contribution in [0.4, 0.5) is 4.39 Å². The molecule has 2 aromatic rings. The van der Waals surface area contributed by atoms with E-state index < -0.39 is 5.82 Å². The smallest absolute Gasteiger partial charge is 0.141 e. The number of hydrogen-bond acceptors (Lipinski definition) is 2. The topological polar surface area (TPSA) is 43.8 Å². The molecule has 5 heteroatoms. The van der Waals surface area contributed by atoms with Crippen molar-refractivity contribution in [3.63, 3.8) is 0 Å². The molecule has 21 heavy (non-hydrogen) atoms. The van der Waals surface area contributed by atoms with Gasteiger partial charge in [0.15, 0.2) is 0 Å². The SMILES string of the molecule is CCC(CC)n1ccc(CC(N)c2ccc(F)c(Cl)c2)n1. The van der Waals surface area contributed by atoms with Crippen LogP contribution in [0.5, 0.6) is 0 Å². The number of rotatable bonds is 6. The normalized spacial score (nSPS) is 12.9. The summed E-state index contributed by atoms with van der Waals surface area (Å²) in [6.07, 6.45) is 4.71. The molecule has 0 saturated carbocycles. The van der Waals surface area contributed by atoms with E-state index in [0.717, 1.165) is 24.1 Å². The van der Waals surface area contributed by atoms with Crippen molar-refractivity contribution in [1.29, 1.82) is 0 Å². The molecule has 114 valence electrons. The Bertz CT molecular complexity index is 593. The van der Waals surface area contributed by atoms with Crippen molar-refractivity contribution in [2.45, 2.75) is 45.2 Å². The molecule has 0 spiro atoms. The van der Waals surface area contributed by atoms with Gasteiger partial charge in [-0.25, -0.2) is 4.39 Å². The van der Waals surface area contributed by atoms with Gasteiger partial charge in [-0.3, -0.25) is 4.68 Å². The standard InChI is InChI=1S/C16H21ClFN3/c1-3-13(4-2)21-8-7-12(20-21)10-16(19)11-5-6-15(18)14(17)9-11/h5-9,13,16H,3-4,10,19H2,1-2H3. The first-order chi connectivity index (χ1) is 10.0. The zero-order chi connectivity index (χ0) is 15.4. The first kappa shape index (κ1) is 16.0. The molecule has 0 amide bonds. The average molecular weight is 310 g/mol. The second-order valence-corrected chi connectivity index (χ2v) is 5.65. The summed E-state index contributed by atoms with van der Waals surface area (Å²) in [4.78, 5) is 0. The van der Waals surface area contributed by atoms with Crippen molar-refractivity contribution in [2.24, 2.45) is 5.73 Å². The molecule has 0 aliphatic heterocycles. The van der Waals surface area contributed by atoms with E-state index >= 15 is 0 Å². The summed E-state index contributed by atoms with van der Waals surface area (Å²) >= 11 is 5.79. The lowest BCUT2D eigenvalue weighted by Crippen LogP contribution is -2.14. The second kappa shape index (κ2) is 7.05. The van der Waals surface area contributed by atoms with Crippen LogP contribution in [0.3, 0.4) is 0 Å². The molecule has 3 nitrogen and oxygen atoms in total. The van der Waals surface area contributed by atoms with Gasteiger partial charge < -0.3 is 5.73 Å². The van der Waals surface area contributed by atoms with Gasteiger partial charge in [0.25, 0.3) is 0 Å². The molecule has 1 aromatic carbocycles. The van der Waals surface area contributed by atoms with Crippen LogP contribution in [0, 0.1) is 5.82 Å². The van der Waals surface area contributed by atoms with E-state index in [-0.39, 0.29) is 11.1 Å². The minimum absolute atomic E-state index is 0.102. The molecule has 0 aliphatic rings. The van der Waals surface area contributed by atoms with Crippen molar-refractivity contribution in [3.05, 3.63) is 52.6 Å². The molecular weight excluding hydrogens is 289 g/mol. The molecule has 0 fully saturated rings. The fourth-order valence-electron chi connectivity index (χ4n) is 2.44.